The van der Waals surface area contributed by atoms with Crippen molar-refractivity contribution in [2.75, 3.05) is 39.6 Å². The van der Waals surface area contributed by atoms with Crippen molar-refractivity contribution in [3.8, 4) is 5.75 Å². The molecule has 1 aromatic rings. The predicted octanol–water partition coefficient (Wildman–Crippen LogP) is -5.82. The van der Waals surface area contributed by atoms with Crippen LogP contribution >= 0.6 is 0 Å². The summed E-state index contributed by atoms with van der Waals surface area (Å²) in [5, 5.41) is 170. The molecular formula is C64H105N5O29. The molecule has 0 spiro atoms. The average molecular weight is 1410 g/mol. The van der Waals surface area contributed by atoms with Crippen LogP contribution < -0.4 is 31.3 Å². The Bertz CT molecular complexity index is 2660. The van der Waals surface area contributed by atoms with Gasteiger partial charge in [0.25, 0.3) is 5.91 Å². The molecule has 4 aliphatic heterocycles. The normalized spacial score (nSPS) is 39.8. The zero-order valence-corrected chi connectivity index (χ0v) is 56.0. The highest BCUT2D eigenvalue weighted by Crippen LogP contribution is 2.40. The lowest BCUT2D eigenvalue weighted by Crippen LogP contribution is -2.70. The van der Waals surface area contributed by atoms with Gasteiger partial charge in [0.1, 0.15) is 109 Å². The Morgan fingerprint density at radius 3 is 1.48 bits per heavy atom. The van der Waals surface area contributed by atoms with E-state index >= 15 is 0 Å². The number of ether oxygens (including phenoxy) is 10. The molecule has 15 unspecified atom stereocenters. The largest absolute Gasteiger partial charge is 0.494 e. The van der Waals surface area contributed by atoms with Crippen LogP contribution in [0.3, 0.4) is 0 Å². The first-order chi connectivity index (χ1) is 46.7. The van der Waals surface area contributed by atoms with Gasteiger partial charge in [-0.2, -0.15) is 0 Å². The first-order valence-electron chi connectivity index (χ1n) is 33.9. The number of aliphatic hydroxyl groups excluding tert-OH is 14. The molecule has 560 valence electrons. The van der Waals surface area contributed by atoms with Crippen LogP contribution in [-0.4, -0.2) is 312 Å². The van der Waals surface area contributed by atoms with Crippen LogP contribution in [0.15, 0.2) is 24.3 Å². The molecular weight excluding hydrogens is 1300 g/mol. The molecule has 2 saturated carbocycles. The van der Waals surface area contributed by atoms with Gasteiger partial charge in [-0.05, 0) is 44.4 Å². The van der Waals surface area contributed by atoms with Crippen molar-refractivity contribution in [2.24, 2.45) is 11.8 Å². The molecule has 34 heteroatoms. The molecule has 5 amide bonds. The summed E-state index contributed by atoms with van der Waals surface area (Å²) >= 11 is 0. The number of carbonyl (C=O) groups excluding carboxylic acids is 5. The fourth-order valence-corrected chi connectivity index (χ4v) is 13.7. The van der Waals surface area contributed by atoms with Gasteiger partial charge in [-0.3, -0.25) is 24.0 Å². The molecule has 30 atom stereocenters. The molecule has 1 aromatic carbocycles. The average Bonchev–Trinajstić information content (AvgIpc) is 0.772. The lowest BCUT2D eigenvalue weighted by Gasteiger charge is -2.52. The van der Waals surface area contributed by atoms with Crippen LogP contribution in [0.25, 0.3) is 0 Å². The van der Waals surface area contributed by atoms with Crippen molar-refractivity contribution in [1.29, 1.82) is 0 Å². The summed E-state index contributed by atoms with van der Waals surface area (Å²) in [7, 11) is 0. The van der Waals surface area contributed by atoms with Gasteiger partial charge in [0.05, 0.1) is 69.0 Å². The van der Waals surface area contributed by atoms with Crippen molar-refractivity contribution in [1.82, 2.24) is 26.6 Å². The van der Waals surface area contributed by atoms with Crippen LogP contribution in [0.4, 0.5) is 0 Å². The van der Waals surface area contributed by atoms with Crippen LogP contribution in [0.1, 0.15) is 123 Å². The molecule has 19 N–H and O–H groups in total. The van der Waals surface area contributed by atoms with Crippen molar-refractivity contribution >= 4 is 29.5 Å². The van der Waals surface area contributed by atoms with Crippen LogP contribution in [0.2, 0.25) is 0 Å². The Morgan fingerprint density at radius 2 is 0.929 bits per heavy atom. The zero-order valence-electron chi connectivity index (χ0n) is 56.0. The number of hydrogen-bond acceptors (Lipinski definition) is 29. The number of carbonyl (C=O) groups is 5. The predicted molar refractivity (Wildman–Crippen MR) is 335 cm³/mol. The molecule has 2 aliphatic carbocycles. The number of aliphatic hydroxyl groups is 14. The highest BCUT2D eigenvalue weighted by Gasteiger charge is 2.57. The van der Waals surface area contributed by atoms with Gasteiger partial charge in [0.15, 0.2) is 25.2 Å². The lowest BCUT2D eigenvalue weighted by atomic mass is 9.77. The second kappa shape index (κ2) is 38.1. The van der Waals surface area contributed by atoms with Crippen molar-refractivity contribution in [2.45, 2.75) is 284 Å². The third-order valence-electron chi connectivity index (χ3n) is 19.0. The molecule has 6 fully saturated rings. The van der Waals surface area contributed by atoms with E-state index < -0.39 is 246 Å². The smallest absolute Gasteiger partial charge is 0.251 e. The zero-order chi connectivity index (χ0) is 71.8. The third kappa shape index (κ3) is 20.6. The van der Waals surface area contributed by atoms with Crippen LogP contribution in [0, 0.1) is 11.8 Å². The molecule has 6 aliphatic rings. The maximum atomic E-state index is 14.0. The number of nitrogens with one attached hydrogen (secondary N) is 5. The first-order valence-corrected chi connectivity index (χ1v) is 33.9. The van der Waals surface area contributed by atoms with E-state index in [9.17, 15) is 95.5 Å². The molecule has 0 aromatic heterocycles. The van der Waals surface area contributed by atoms with Crippen molar-refractivity contribution in [3.63, 3.8) is 0 Å². The summed E-state index contributed by atoms with van der Waals surface area (Å²) in [5.41, 5.74) is 0.0751. The highest BCUT2D eigenvalue weighted by molar-refractivity contribution is 5.94. The number of benzene rings is 1. The number of amides is 5. The van der Waals surface area contributed by atoms with E-state index in [4.69, 9.17) is 47.4 Å². The van der Waals surface area contributed by atoms with Crippen LogP contribution in [0.5, 0.6) is 5.75 Å². The Balaban J connectivity index is 1.07. The SMILES string of the molecule is CCCCCCCCCCCOc1cccc(C(=O)N[C@@H]2C(O[C@H]3C(O)C(NC(C)=O)C(OC4C(CO)C[C@@H](O[C@H]5C(O)C(NC(C)=O)C(OC6C(CO[C@@H]7OC(C)C(O)[C@H](O)[C@H]7O)OC(O)[C@@H](NC(C)=O)[C@H]6O)C[C@H]5CO)[C@@H](NC(C)=O)[C@H]4O)O[C@H]3CO)OC(CO)[C@@H](O)[C@@H]2O)c1. The maximum Gasteiger partial charge on any atom is 0.251 e. The summed E-state index contributed by atoms with van der Waals surface area (Å²) in [6, 6.07) is -1.67. The van der Waals surface area contributed by atoms with Crippen molar-refractivity contribution < 1.29 is 143 Å². The molecule has 0 bridgehead atoms. The quantitative estimate of drug-likeness (QED) is 0.0299. The van der Waals surface area contributed by atoms with E-state index in [1.807, 2.05) is 0 Å². The van der Waals surface area contributed by atoms with E-state index in [0.717, 1.165) is 53.4 Å². The monoisotopic (exact) mass is 1410 g/mol. The minimum atomic E-state index is -1.97. The summed E-state index contributed by atoms with van der Waals surface area (Å²) in [5.74, 6) is -5.70. The minimum absolute atomic E-state index is 0.0751. The fourth-order valence-electron chi connectivity index (χ4n) is 13.7. The van der Waals surface area contributed by atoms with E-state index in [-0.39, 0.29) is 18.4 Å². The number of rotatable bonds is 32. The first kappa shape index (κ1) is 80.8. The maximum absolute atomic E-state index is 14.0. The number of hydrogen-bond donors (Lipinski definition) is 19. The summed E-state index contributed by atoms with van der Waals surface area (Å²) in [4.78, 5) is 65.3. The lowest BCUT2D eigenvalue weighted by molar-refractivity contribution is -0.342. The van der Waals surface area contributed by atoms with E-state index in [1.54, 1.807) is 12.1 Å². The van der Waals surface area contributed by atoms with Crippen molar-refractivity contribution in [3.05, 3.63) is 29.8 Å². The Morgan fingerprint density at radius 1 is 0.459 bits per heavy atom. The van der Waals surface area contributed by atoms with Gasteiger partial charge >= 0.3 is 0 Å². The van der Waals surface area contributed by atoms with Gasteiger partial charge in [-0.25, -0.2) is 0 Å². The molecule has 4 heterocycles. The van der Waals surface area contributed by atoms with Crippen LogP contribution in [-0.2, 0) is 61.8 Å². The molecule has 34 nitrogen and oxygen atoms in total. The molecule has 7 rings (SSSR count). The standard InChI is InChI=1S/C64H105N5O29/c1-7-8-9-10-11-12-13-14-15-19-89-36-18-16-17-33(20-36)60(87)69-45-49(80)48(79)39(25-72)95-62(45)98-58-40(26-73)96-63(46(53(58)84)68-32(6)77)97-57-35(24-71)22-37(42(51(57)82)65-29(3)74)92-56-34(23-70)21-38(43(50(56)81)66-30(4)75)93-59-41(94-61(88)44(52(59)83)67-31(5)76)27-90-64-55(86)54(85)47(78)28(2)91-64/h16-18,20,28,34-35,37-59,61-64,70-73,78-86,88H,7-15,19,21-27H2,1-6H3,(H,65,74)(H,66,75)(H,67,76)(H,68,77)(H,69,87)/t28?,34-,35?,37+,38?,39?,40-,41?,42+,43?,44-,45-,46?,47?,48+,49+,50?,51+,52+,53?,54-,55+,56+,57?,58+,59?,61?,62?,63?,64+/m0/s1. The Labute approximate surface area is 567 Å². The Hall–Kier alpha value is -4.55. The number of unbranched alkanes of at least 4 members (excludes halogenated alkanes) is 8. The molecule has 98 heavy (non-hydrogen) atoms. The van der Waals surface area contributed by atoms with Gasteiger partial charge < -0.3 is 145 Å². The Kier molecular flexibility index (Phi) is 31.4. The second-order valence-corrected chi connectivity index (χ2v) is 26.4. The summed E-state index contributed by atoms with van der Waals surface area (Å²) in [6.45, 7) is 4.31. The highest BCUT2D eigenvalue weighted by atomic mass is 16.7. The summed E-state index contributed by atoms with van der Waals surface area (Å²) in [6.07, 6.45) is -29.0. The van der Waals surface area contributed by atoms with Gasteiger partial charge in [0.2, 0.25) is 23.6 Å². The van der Waals surface area contributed by atoms with E-state index in [1.165, 1.54) is 51.2 Å². The van der Waals surface area contributed by atoms with Gasteiger partial charge in [-0.1, -0.05) is 64.4 Å². The van der Waals surface area contributed by atoms with E-state index in [2.05, 4.69) is 33.5 Å². The summed E-state index contributed by atoms with van der Waals surface area (Å²) < 4.78 is 60.8. The molecule has 0 radical (unpaired) electrons. The fraction of sp³-hybridized carbons (Fsp3) is 0.828. The van der Waals surface area contributed by atoms with E-state index in [0.29, 0.717) is 12.4 Å². The topological polar surface area (TPSA) is 521 Å². The second-order valence-electron chi connectivity index (χ2n) is 26.4. The molecule has 4 saturated heterocycles. The van der Waals surface area contributed by atoms with Gasteiger partial charge in [0, 0.05) is 58.3 Å². The third-order valence-corrected chi connectivity index (χ3v) is 19.0. The van der Waals surface area contributed by atoms with Gasteiger partial charge in [-0.15, -0.1) is 0 Å². The minimum Gasteiger partial charge on any atom is -0.494 e.